The lowest BCUT2D eigenvalue weighted by atomic mass is 9.97. The zero-order chi connectivity index (χ0) is 21.9. The molecule has 12 heteroatoms. The molecule has 1 aromatic carbocycles. The topological polar surface area (TPSA) is 106 Å². The van der Waals surface area contributed by atoms with E-state index >= 15 is 0 Å². The Morgan fingerprint density at radius 1 is 1.37 bits per heavy atom. The van der Waals surface area contributed by atoms with E-state index in [-0.39, 0.29) is 46.3 Å². The largest absolute Gasteiger partial charge is 0.461 e. The number of anilines is 1. The molecule has 0 unspecified atom stereocenters. The molecule has 8 nitrogen and oxygen atoms in total. The van der Waals surface area contributed by atoms with Crippen molar-refractivity contribution in [3.05, 3.63) is 40.1 Å². The molecular formula is C18H19ClFN3O5S2. The maximum atomic E-state index is 13.3. The van der Waals surface area contributed by atoms with Gasteiger partial charge in [0.05, 0.1) is 16.5 Å². The minimum Gasteiger partial charge on any atom is -0.461 e. The molecule has 1 fully saturated rings. The van der Waals surface area contributed by atoms with Gasteiger partial charge in [-0.2, -0.15) is 4.31 Å². The highest BCUT2D eigenvalue weighted by atomic mass is 35.5. The number of esters is 1. The summed E-state index contributed by atoms with van der Waals surface area (Å²) in [6.45, 7) is 2.19. The molecule has 162 valence electrons. The van der Waals surface area contributed by atoms with Crippen LogP contribution in [-0.4, -0.2) is 49.3 Å². The van der Waals surface area contributed by atoms with Crippen molar-refractivity contribution in [1.82, 2.24) is 9.29 Å². The fraction of sp³-hybridized carbons (Fsp3) is 0.389. The smallest absolute Gasteiger partial charge is 0.357 e. The highest BCUT2D eigenvalue weighted by molar-refractivity contribution is 7.89. The molecule has 1 aliphatic rings. The van der Waals surface area contributed by atoms with Crippen molar-refractivity contribution in [3.8, 4) is 0 Å². The molecule has 2 aromatic rings. The van der Waals surface area contributed by atoms with Gasteiger partial charge in [0.25, 0.3) is 0 Å². The van der Waals surface area contributed by atoms with Gasteiger partial charge >= 0.3 is 5.97 Å². The molecule has 0 saturated carbocycles. The molecule has 1 aliphatic heterocycles. The molecule has 0 aliphatic carbocycles. The number of hydrogen-bond donors (Lipinski definition) is 1. The van der Waals surface area contributed by atoms with Crippen LogP contribution in [0.2, 0.25) is 5.02 Å². The summed E-state index contributed by atoms with van der Waals surface area (Å²) in [4.78, 5) is 28.1. The van der Waals surface area contributed by atoms with Crippen molar-refractivity contribution in [2.45, 2.75) is 24.7 Å². The van der Waals surface area contributed by atoms with Gasteiger partial charge in [-0.1, -0.05) is 11.6 Å². The number of amides is 1. The van der Waals surface area contributed by atoms with Gasteiger partial charge in [0.1, 0.15) is 5.82 Å². The molecule has 1 amide bonds. The lowest BCUT2D eigenvalue weighted by Crippen LogP contribution is -2.41. The van der Waals surface area contributed by atoms with E-state index in [2.05, 4.69) is 10.3 Å². The van der Waals surface area contributed by atoms with Gasteiger partial charge in [0.15, 0.2) is 10.8 Å². The van der Waals surface area contributed by atoms with Gasteiger partial charge in [0.2, 0.25) is 15.9 Å². The molecule has 0 bridgehead atoms. The number of carbonyl (C=O) groups excluding carboxylic acids is 2. The van der Waals surface area contributed by atoms with Crippen molar-refractivity contribution in [3.63, 3.8) is 0 Å². The van der Waals surface area contributed by atoms with Crippen molar-refractivity contribution >= 4 is 50.0 Å². The molecule has 2 heterocycles. The van der Waals surface area contributed by atoms with E-state index in [0.29, 0.717) is 12.8 Å². The Morgan fingerprint density at radius 3 is 2.70 bits per heavy atom. The van der Waals surface area contributed by atoms with Gasteiger partial charge in [-0.25, -0.2) is 22.6 Å². The fourth-order valence-corrected chi connectivity index (χ4v) is 5.41. The predicted octanol–water partition coefficient (Wildman–Crippen LogP) is 3.15. The van der Waals surface area contributed by atoms with Crippen molar-refractivity contribution < 1.29 is 27.1 Å². The zero-order valence-electron chi connectivity index (χ0n) is 15.9. The van der Waals surface area contributed by atoms with Crippen LogP contribution in [0.25, 0.3) is 0 Å². The SMILES string of the molecule is CCOC(=O)c1csc(NC(=O)C2CCN(S(=O)(=O)c3ccc(F)c(Cl)c3)CC2)n1. The van der Waals surface area contributed by atoms with Crippen LogP contribution in [-0.2, 0) is 19.6 Å². The van der Waals surface area contributed by atoms with Gasteiger partial charge in [-0.15, -0.1) is 11.3 Å². The summed E-state index contributed by atoms with van der Waals surface area (Å²) in [5, 5.41) is 4.17. The Bertz CT molecular complexity index is 1050. The van der Waals surface area contributed by atoms with Crippen LogP contribution >= 0.6 is 22.9 Å². The Labute approximate surface area is 182 Å². The number of carbonyl (C=O) groups is 2. The second kappa shape index (κ2) is 9.38. The summed E-state index contributed by atoms with van der Waals surface area (Å²) in [6.07, 6.45) is 0.631. The van der Waals surface area contributed by atoms with Crippen LogP contribution in [0.15, 0.2) is 28.5 Å². The van der Waals surface area contributed by atoms with E-state index < -0.39 is 27.7 Å². The van der Waals surface area contributed by atoms with E-state index in [1.54, 1.807) is 6.92 Å². The van der Waals surface area contributed by atoms with Gasteiger partial charge < -0.3 is 10.1 Å². The lowest BCUT2D eigenvalue weighted by Gasteiger charge is -2.30. The molecule has 1 saturated heterocycles. The zero-order valence-corrected chi connectivity index (χ0v) is 18.3. The molecule has 0 atom stereocenters. The number of sulfonamides is 1. The quantitative estimate of drug-likeness (QED) is 0.643. The van der Waals surface area contributed by atoms with Crippen molar-refractivity contribution in [1.29, 1.82) is 0 Å². The number of nitrogens with zero attached hydrogens (tertiary/aromatic N) is 2. The first-order valence-electron chi connectivity index (χ1n) is 9.11. The molecule has 3 rings (SSSR count). The minimum absolute atomic E-state index is 0.0916. The van der Waals surface area contributed by atoms with Crippen LogP contribution in [0, 0.1) is 11.7 Å². The first-order chi connectivity index (χ1) is 14.2. The van der Waals surface area contributed by atoms with E-state index in [1.807, 2.05) is 0 Å². The third kappa shape index (κ3) is 4.97. The number of halogens is 2. The third-order valence-corrected chi connectivity index (χ3v) is 7.51. The number of rotatable bonds is 6. The predicted molar refractivity (Wildman–Crippen MR) is 110 cm³/mol. The molecule has 1 N–H and O–H groups in total. The van der Waals surface area contributed by atoms with E-state index in [9.17, 15) is 22.4 Å². The Morgan fingerprint density at radius 2 is 2.07 bits per heavy atom. The lowest BCUT2D eigenvalue weighted by molar-refractivity contribution is -0.120. The highest BCUT2D eigenvalue weighted by Gasteiger charge is 2.32. The van der Waals surface area contributed by atoms with Crippen molar-refractivity contribution in [2.75, 3.05) is 25.0 Å². The molecular weight excluding hydrogens is 457 g/mol. The van der Waals surface area contributed by atoms with E-state index in [4.69, 9.17) is 16.3 Å². The number of aromatic nitrogens is 1. The number of ether oxygens (including phenoxy) is 1. The number of thiazole rings is 1. The first kappa shape index (κ1) is 22.6. The molecule has 0 radical (unpaired) electrons. The highest BCUT2D eigenvalue weighted by Crippen LogP contribution is 2.27. The van der Waals surface area contributed by atoms with Gasteiger partial charge in [-0.05, 0) is 38.0 Å². The molecule has 0 spiro atoms. The van der Waals surface area contributed by atoms with Crippen LogP contribution in [0.4, 0.5) is 9.52 Å². The van der Waals surface area contributed by atoms with Crippen molar-refractivity contribution in [2.24, 2.45) is 5.92 Å². The van der Waals surface area contributed by atoms with Crippen LogP contribution in [0.5, 0.6) is 0 Å². The van der Waals surface area contributed by atoms with Crippen LogP contribution < -0.4 is 5.32 Å². The average Bonchev–Trinajstić information content (AvgIpc) is 3.19. The summed E-state index contributed by atoms with van der Waals surface area (Å²) in [5.74, 6) is -1.95. The summed E-state index contributed by atoms with van der Waals surface area (Å²) >= 11 is 6.80. The summed E-state index contributed by atoms with van der Waals surface area (Å²) in [5.41, 5.74) is 0.121. The summed E-state index contributed by atoms with van der Waals surface area (Å²) in [6, 6.07) is 3.25. The average molecular weight is 476 g/mol. The standard InChI is InChI=1S/C18H19ClFN3O5S2/c1-2-28-17(25)15-10-29-18(21-15)22-16(24)11-5-7-23(8-6-11)30(26,27)12-3-4-14(20)13(19)9-12/h3-4,9-11H,2,5-8H2,1H3,(H,21,22,24). The second-order valence-electron chi connectivity index (χ2n) is 6.50. The number of hydrogen-bond acceptors (Lipinski definition) is 7. The minimum atomic E-state index is -3.83. The molecule has 1 aromatic heterocycles. The van der Waals surface area contributed by atoms with Gasteiger partial charge in [-0.3, -0.25) is 4.79 Å². The second-order valence-corrected chi connectivity index (χ2v) is 9.71. The maximum absolute atomic E-state index is 13.3. The number of benzene rings is 1. The van der Waals surface area contributed by atoms with E-state index in [0.717, 1.165) is 23.5 Å². The van der Waals surface area contributed by atoms with Crippen LogP contribution in [0.3, 0.4) is 0 Å². The maximum Gasteiger partial charge on any atom is 0.357 e. The van der Waals surface area contributed by atoms with Crippen LogP contribution in [0.1, 0.15) is 30.3 Å². The normalized spacial score (nSPS) is 15.7. The Balaban J connectivity index is 1.59. The Kier molecular flexibility index (Phi) is 7.06. The van der Waals surface area contributed by atoms with E-state index in [1.165, 1.54) is 15.8 Å². The first-order valence-corrected chi connectivity index (χ1v) is 11.8. The van der Waals surface area contributed by atoms with Gasteiger partial charge in [0, 0.05) is 24.4 Å². The third-order valence-electron chi connectivity index (χ3n) is 4.57. The summed E-state index contributed by atoms with van der Waals surface area (Å²) in [7, 11) is -3.83. The summed E-state index contributed by atoms with van der Waals surface area (Å²) < 4.78 is 44.9. The monoisotopic (exact) mass is 475 g/mol. The Hall–Kier alpha value is -2.08. The fourth-order valence-electron chi connectivity index (χ4n) is 2.98. The molecule has 30 heavy (non-hydrogen) atoms. The number of piperidine rings is 1. The number of nitrogens with one attached hydrogen (secondary N) is 1.